The number of hydrogen-bond donors (Lipinski definition) is 2. The van der Waals surface area contributed by atoms with Crippen molar-refractivity contribution in [2.45, 2.75) is 18.9 Å². The summed E-state index contributed by atoms with van der Waals surface area (Å²) in [5, 5.41) is 11.4. The summed E-state index contributed by atoms with van der Waals surface area (Å²) in [5.74, 6) is -0.567. The van der Waals surface area contributed by atoms with Gasteiger partial charge in [-0.25, -0.2) is 4.39 Å². The summed E-state index contributed by atoms with van der Waals surface area (Å²) < 4.78 is 13.1. The molecule has 2 N–H and O–H groups in total. The number of piperidine rings is 1. The zero-order chi connectivity index (χ0) is 13.0. The monoisotopic (exact) mass is 252 g/mol. The summed E-state index contributed by atoms with van der Waals surface area (Å²) in [6, 6.07) is 6.64. The summed E-state index contributed by atoms with van der Waals surface area (Å²) in [4.78, 5) is 13.2. The summed E-state index contributed by atoms with van der Waals surface area (Å²) in [7, 11) is 0. The van der Waals surface area contributed by atoms with Crippen molar-refractivity contribution >= 4 is 11.6 Å². The number of aliphatic hydroxyl groups is 1. The highest BCUT2D eigenvalue weighted by molar-refractivity contribution is 5.77. The molecule has 1 saturated heterocycles. The fourth-order valence-corrected chi connectivity index (χ4v) is 2.23. The van der Waals surface area contributed by atoms with Crippen molar-refractivity contribution in [3.63, 3.8) is 0 Å². The van der Waals surface area contributed by atoms with E-state index in [1.807, 2.05) is 6.07 Å². The average Bonchev–Trinajstić information content (AvgIpc) is 2.39. The molecule has 1 aromatic carbocycles. The van der Waals surface area contributed by atoms with Gasteiger partial charge >= 0.3 is 0 Å². The van der Waals surface area contributed by atoms with E-state index in [4.69, 9.17) is 5.11 Å². The van der Waals surface area contributed by atoms with E-state index in [0.717, 1.165) is 31.6 Å². The zero-order valence-corrected chi connectivity index (χ0v) is 10.1. The van der Waals surface area contributed by atoms with E-state index in [1.165, 1.54) is 12.1 Å². The number of hydrogen-bond acceptors (Lipinski definition) is 3. The van der Waals surface area contributed by atoms with Crippen LogP contribution < -0.4 is 10.2 Å². The van der Waals surface area contributed by atoms with Crippen LogP contribution in [0.5, 0.6) is 0 Å². The molecule has 98 valence electrons. The lowest BCUT2D eigenvalue weighted by atomic mass is 10.0. The Morgan fingerprint density at radius 1 is 1.44 bits per heavy atom. The van der Waals surface area contributed by atoms with E-state index >= 15 is 0 Å². The van der Waals surface area contributed by atoms with Crippen LogP contribution in [-0.2, 0) is 4.79 Å². The van der Waals surface area contributed by atoms with Crippen LogP contribution in [-0.4, -0.2) is 36.8 Å². The molecular weight excluding hydrogens is 235 g/mol. The Morgan fingerprint density at radius 3 is 2.78 bits per heavy atom. The first-order valence-corrected chi connectivity index (χ1v) is 6.10. The number of halogens is 1. The van der Waals surface area contributed by atoms with Crippen LogP contribution in [0.15, 0.2) is 24.3 Å². The predicted octanol–water partition coefficient (Wildman–Crippen LogP) is 0.903. The van der Waals surface area contributed by atoms with Gasteiger partial charge in [0.1, 0.15) is 12.4 Å². The van der Waals surface area contributed by atoms with Crippen molar-refractivity contribution in [3.05, 3.63) is 30.1 Å². The van der Waals surface area contributed by atoms with Crippen molar-refractivity contribution in [2.75, 3.05) is 24.6 Å². The van der Waals surface area contributed by atoms with E-state index < -0.39 is 6.61 Å². The molecule has 4 nitrogen and oxygen atoms in total. The zero-order valence-electron chi connectivity index (χ0n) is 10.1. The van der Waals surface area contributed by atoms with E-state index in [-0.39, 0.29) is 17.8 Å². The smallest absolute Gasteiger partial charge is 0.245 e. The molecule has 0 aromatic heterocycles. The third-order valence-electron chi connectivity index (χ3n) is 3.18. The molecule has 1 aliphatic heterocycles. The average molecular weight is 252 g/mol. The minimum Gasteiger partial charge on any atom is -0.387 e. The molecule has 2 rings (SSSR count). The first kappa shape index (κ1) is 12.8. The van der Waals surface area contributed by atoms with Crippen molar-refractivity contribution in [2.24, 2.45) is 0 Å². The van der Waals surface area contributed by atoms with Crippen LogP contribution in [0.3, 0.4) is 0 Å². The van der Waals surface area contributed by atoms with Gasteiger partial charge in [0.15, 0.2) is 0 Å². The molecule has 0 bridgehead atoms. The maximum absolute atomic E-state index is 13.1. The van der Waals surface area contributed by atoms with Crippen LogP contribution in [0.2, 0.25) is 0 Å². The van der Waals surface area contributed by atoms with Crippen LogP contribution in [0, 0.1) is 5.82 Å². The number of aliphatic hydroxyl groups excluding tert-OH is 1. The molecule has 1 heterocycles. The Morgan fingerprint density at radius 2 is 2.17 bits per heavy atom. The summed E-state index contributed by atoms with van der Waals surface area (Å²) >= 11 is 0. The van der Waals surface area contributed by atoms with Crippen LogP contribution >= 0.6 is 0 Å². The molecule has 1 aliphatic rings. The third-order valence-corrected chi connectivity index (χ3v) is 3.18. The SMILES string of the molecule is O=C(CO)NC1CCN(c2cccc(F)c2)CC1. The molecule has 1 fully saturated rings. The summed E-state index contributed by atoms with van der Waals surface area (Å²) in [5.41, 5.74) is 0.877. The maximum atomic E-state index is 13.1. The van der Waals surface area contributed by atoms with Gasteiger partial charge in [-0.15, -0.1) is 0 Å². The Kier molecular flexibility index (Phi) is 4.15. The number of amides is 1. The summed E-state index contributed by atoms with van der Waals surface area (Å²) in [6.45, 7) is 1.09. The lowest BCUT2D eigenvalue weighted by Crippen LogP contribution is -2.45. The highest BCUT2D eigenvalue weighted by Crippen LogP contribution is 2.20. The lowest BCUT2D eigenvalue weighted by molar-refractivity contribution is -0.124. The van der Waals surface area contributed by atoms with Crippen LogP contribution in [0.25, 0.3) is 0 Å². The topological polar surface area (TPSA) is 52.6 Å². The number of benzene rings is 1. The molecular formula is C13H17FN2O2. The van der Waals surface area contributed by atoms with Crippen LogP contribution in [0.4, 0.5) is 10.1 Å². The van der Waals surface area contributed by atoms with Gasteiger partial charge in [-0.2, -0.15) is 0 Å². The number of carbonyl (C=O) groups excluding carboxylic acids is 1. The van der Waals surface area contributed by atoms with Gasteiger partial charge in [0.2, 0.25) is 5.91 Å². The molecule has 0 saturated carbocycles. The van der Waals surface area contributed by atoms with Gasteiger partial charge in [0.25, 0.3) is 0 Å². The first-order chi connectivity index (χ1) is 8.69. The van der Waals surface area contributed by atoms with Crippen molar-refractivity contribution in [1.29, 1.82) is 0 Å². The molecule has 0 unspecified atom stereocenters. The lowest BCUT2D eigenvalue weighted by Gasteiger charge is -2.33. The number of nitrogens with zero attached hydrogens (tertiary/aromatic N) is 1. The van der Waals surface area contributed by atoms with Crippen LogP contribution in [0.1, 0.15) is 12.8 Å². The van der Waals surface area contributed by atoms with Crippen molar-refractivity contribution in [1.82, 2.24) is 5.32 Å². The van der Waals surface area contributed by atoms with Crippen molar-refractivity contribution < 1.29 is 14.3 Å². The number of carbonyl (C=O) groups is 1. The normalized spacial score (nSPS) is 16.7. The molecule has 0 atom stereocenters. The van der Waals surface area contributed by atoms with E-state index in [9.17, 15) is 9.18 Å². The minimum absolute atomic E-state index is 0.106. The molecule has 5 heteroatoms. The second-order valence-corrected chi connectivity index (χ2v) is 4.47. The third kappa shape index (κ3) is 3.20. The molecule has 1 amide bonds. The second-order valence-electron chi connectivity index (χ2n) is 4.47. The standard InChI is InChI=1S/C13H17FN2O2/c14-10-2-1-3-12(8-10)16-6-4-11(5-7-16)15-13(18)9-17/h1-3,8,11,17H,4-7,9H2,(H,15,18). The fraction of sp³-hybridized carbons (Fsp3) is 0.462. The molecule has 1 aromatic rings. The second kappa shape index (κ2) is 5.82. The Labute approximate surface area is 105 Å². The highest BCUT2D eigenvalue weighted by Gasteiger charge is 2.20. The van der Waals surface area contributed by atoms with Gasteiger partial charge in [-0.05, 0) is 31.0 Å². The fourth-order valence-electron chi connectivity index (χ4n) is 2.23. The Bertz CT molecular complexity index is 417. The number of anilines is 1. The molecule has 18 heavy (non-hydrogen) atoms. The first-order valence-electron chi connectivity index (χ1n) is 6.10. The number of nitrogens with one attached hydrogen (secondary N) is 1. The van der Waals surface area contributed by atoms with Gasteiger partial charge in [-0.1, -0.05) is 6.07 Å². The molecule has 0 aliphatic carbocycles. The van der Waals surface area contributed by atoms with E-state index in [2.05, 4.69) is 10.2 Å². The van der Waals surface area contributed by atoms with Gasteiger partial charge < -0.3 is 15.3 Å². The van der Waals surface area contributed by atoms with Crippen molar-refractivity contribution in [3.8, 4) is 0 Å². The molecule has 0 spiro atoms. The molecule has 0 radical (unpaired) electrons. The van der Waals surface area contributed by atoms with Gasteiger partial charge in [0.05, 0.1) is 0 Å². The predicted molar refractivity (Wildman–Crippen MR) is 66.9 cm³/mol. The largest absolute Gasteiger partial charge is 0.387 e. The minimum atomic E-state index is -0.468. The van der Waals surface area contributed by atoms with E-state index in [0.29, 0.717) is 0 Å². The highest BCUT2D eigenvalue weighted by atomic mass is 19.1. The summed E-state index contributed by atoms with van der Waals surface area (Å²) in [6.07, 6.45) is 1.62. The quantitative estimate of drug-likeness (QED) is 0.840. The van der Waals surface area contributed by atoms with Gasteiger partial charge in [-0.3, -0.25) is 4.79 Å². The maximum Gasteiger partial charge on any atom is 0.245 e. The van der Waals surface area contributed by atoms with Gasteiger partial charge in [0, 0.05) is 24.8 Å². The Balaban J connectivity index is 1.88. The van der Waals surface area contributed by atoms with E-state index in [1.54, 1.807) is 6.07 Å². The number of rotatable bonds is 3. The Hall–Kier alpha value is -1.62.